The van der Waals surface area contributed by atoms with Gasteiger partial charge in [-0.05, 0) is 61.5 Å². The largest absolute Gasteiger partial charge is 0.302 e. The van der Waals surface area contributed by atoms with E-state index in [9.17, 15) is 4.79 Å². The molecule has 30 heavy (non-hydrogen) atoms. The fraction of sp³-hybridized carbons (Fsp3) is 0.391. The number of carbonyl (C=O) groups excluding carboxylic acids is 1. The first-order valence-electron chi connectivity index (χ1n) is 10.3. The highest BCUT2D eigenvalue weighted by Gasteiger charge is 2.20. The Labute approximate surface area is 192 Å². The third kappa shape index (κ3) is 5.97. The van der Waals surface area contributed by atoms with Gasteiger partial charge >= 0.3 is 0 Å². The van der Waals surface area contributed by atoms with Crippen LogP contribution < -0.4 is 4.90 Å². The molecule has 160 valence electrons. The van der Waals surface area contributed by atoms with Crippen LogP contribution in [-0.2, 0) is 11.2 Å². The molecule has 2 aromatic carbocycles. The minimum absolute atomic E-state index is 0.0804. The fourth-order valence-corrected chi connectivity index (χ4v) is 5.13. The summed E-state index contributed by atoms with van der Waals surface area (Å²) in [5.41, 5.74) is 2.25. The molecule has 1 heterocycles. The molecule has 4 nitrogen and oxygen atoms in total. The van der Waals surface area contributed by atoms with E-state index in [0.29, 0.717) is 17.3 Å². The first-order valence-corrected chi connectivity index (χ1v) is 12.5. The van der Waals surface area contributed by atoms with Gasteiger partial charge in [-0.15, -0.1) is 11.8 Å². The molecule has 7 heteroatoms. The molecule has 0 aliphatic carbocycles. The lowest BCUT2D eigenvalue weighted by Gasteiger charge is -2.24. The van der Waals surface area contributed by atoms with Crippen molar-refractivity contribution in [1.82, 2.24) is 9.88 Å². The van der Waals surface area contributed by atoms with Crippen molar-refractivity contribution in [3.8, 4) is 0 Å². The zero-order chi connectivity index (χ0) is 21.5. The van der Waals surface area contributed by atoms with E-state index in [1.807, 2.05) is 29.2 Å². The molecule has 0 fully saturated rings. The van der Waals surface area contributed by atoms with Gasteiger partial charge in [0.15, 0.2) is 5.13 Å². The van der Waals surface area contributed by atoms with Gasteiger partial charge in [-0.1, -0.05) is 49.8 Å². The van der Waals surface area contributed by atoms with E-state index in [1.54, 1.807) is 11.3 Å². The highest BCUT2D eigenvalue weighted by atomic mass is 35.5. The number of anilines is 1. The van der Waals surface area contributed by atoms with Crippen LogP contribution in [0.1, 0.15) is 26.3 Å². The van der Waals surface area contributed by atoms with Crippen molar-refractivity contribution in [2.24, 2.45) is 0 Å². The first-order chi connectivity index (χ1) is 14.5. The molecular weight excluding hydrogens is 434 g/mol. The Balaban J connectivity index is 1.79. The molecule has 0 unspecified atom stereocenters. The number of fused-ring (bicyclic) bond motifs is 1. The number of thiazole rings is 1. The Morgan fingerprint density at radius 2 is 1.80 bits per heavy atom. The number of nitrogens with zero attached hydrogens (tertiary/aromatic N) is 3. The van der Waals surface area contributed by atoms with Gasteiger partial charge in [0.25, 0.3) is 0 Å². The Morgan fingerprint density at radius 3 is 2.47 bits per heavy atom. The number of aryl methyl sites for hydroxylation is 1. The number of hydrogen-bond acceptors (Lipinski definition) is 5. The lowest BCUT2D eigenvalue weighted by Crippen LogP contribution is -2.39. The number of hydrogen-bond donors (Lipinski definition) is 0. The molecule has 0 saturated carbocycles. The van der Waals surface area contributed by atoms with Crippen LogP contribution in [0.25, 0.3) is 10.2 Å². The molecule has 0 aliphatic rings. The topological polar surface area (TPSA) is 36.4 Å². The molecule has 0 aliphatic heterocycles. The van der Waals surface area contributed by atoms with E-state index in [4.69, 9.17) is 16.6 Å². The minimum Gasteiger partial charge on any atom is -0.302 e. The molecule has 0 radical (unpaired) electrons. The minimum atomic E-state index is 0.0804. The summed E-state index contributed by atoms with van der Waals surface area (Å²) in [6.45, 7) is 9.86. The average Bonchev–Trinajstić information content (AvgIpc) is 3.19. The van der Waals surface area contributed by atoms with Gasteiger partial charge < -0.3 is 4.90 Å². The Kier molecular flexibility index (Phi) is 8.57. The van der Waals surface area contributed by atoms with E-state index < -0.39 is 0 Å². The SMILES string of the molecule is CCc1ccc2nc(N(CCN(CC)CC)C(=O)CSc3ccc(Cl)cc3)sc2c1. The average molecular weight is 462 g/mol. The van der Waals surface area contributed by atoms with Crippen molar-refractivity contribution in [3.05, 3.63) is 53.1 Å². The Morgan fingerprint density at radius 1 is 1.07 bits per heavy atom. The van der Waals surface area contributed by atoms with E-state index in [-0.39, 0.29) is 5.91 Å². The molecule has 1 aromatic heterocycles. The summed E-state index contributed by atoms with van der Waals surface area (Å²) in [5.74, 6) is 0.451. The quantitative estimate of drug-likeness (QED) is 0.348. The number of benzene rings is 2. The third-order valence-corrected chi connectivity index (χ3v) is 7.38. The van der Waals surface area contributed by atoms with Crippen LogP contribution in [-0.4, -0.2) is 47.7 Å². The van der Waals surface area contributed by atoms with Gasteiger partial charge in [0, 0.05) is 23.0 Å². The zero-order valence-corrected chi connectivity index (χ0v) is 20.1. The lowest BCUT2D eigenvalue weighted by molar-refractivity contribution is -0.116. The Bertz CT molecular complexity index is 970. The zero-order valence-electron chi connectivity index (χ0n) is 17.7. The molecule has 0 N–H and O–H groups in total. The van der Waals surface area contributed by atoms with Crippen LogP contribution in [0.2, 0.25) is 5.02 Å². The van der Waals surface area contributed by atoms with Gasteiger partial charge in [0.05, 0.1) is 16.0 Å². The van der Waals surface area contributed by atoms with Crippen molar-refractivity contribution in [1.29, 1.82) is 0 Å². The summed E-state index contributed by atoms with van der Waals surface area (Å²) in [5, 5.41) is 1.49. The van der Waals surface area contributed by atoms with Crippen LogP contribution in [0.4, 0.5) is 5.13 Å². The van der Waals surface area contributed by atoms with Crippen LogP contribution >= 0.6 is 34.7 Å². The highest BCUT2D eigenvalue weighted by Crippen LogP contribution is 2.31. The Hall–Kier alpha value is -1.60. The summed E-state index contributed by atoms with van der Waals surface area (Å²) < 4.78 is 1.13. The molecule has 0 atom stereocenters. The second-order valence-corrected chi connectivity index (χ2v) is 9.46. The second kappa shape index (κ2) is 11.1. The monoisotopic (exact) mass is 461 g/mol. The smallest absolute Gasteiger partial charge is 0.239 e. The summed E-state index contributed by atoms with van der Waals surface area (Å²) in [7, 11) is 0. The maximum atomic E-state index is 13.2. The van der Waals surface area contributed by atoms with Crippen LogP contribution in [0.15, 0.2) is 47.4 Å². The van der Waals surface area contributed by atoms with Gasteiger partial charge in [0.1, 0.15) is 0 Å². The maximum absolute atomic E-state index is 13.2. The van der Waals surface area contributed by atoms with Crippen molar-refractivity contribution in [2.75, 3.05) is 36.8 Å². The van der Waals surface area contributed by atoms with Gasteiger partial charge in [0.2, 0.25) is 5.91 Å². The predicted octanol–water partition coefficient (Wildman–Crippen LogP) is 5.98. The fourth-order valence-electron chi connectivity index (χ4n) is 3.15. The molecule has 1 amide bonds. The predicted molar refractivity (Wildman–Crippen MR) is 131 cm³/mol. The van der Waals surface area contributed by atoms with Crippen molar-refractivity contribution < 1.29 is 4.79 Å². The standard InChI is InChI=1S/C23H28ClN3OS2/c1-4-17-7-12-20-21(15-17)30-23(25-20)27(14-13-26(5-2)6-3)22(28)16-29-19-10-8-18(24)9-11-19/h7-12,15H,4-6,13-14,16H2,1-3H3. The van der Waals surface area contributed by atoms with Gasteiger partial charge in [-0.3, -0.25) is 9.69 Å². The van der Waals surface area contributed by atoms with Crippen molar-refractivity contribution >= 4 is 56.0 Å². The summed E-state index contributed by atoms with van der Waals surface area (Å²) >= 11 is 9.10. The second-order valence-electron chi connectivity index (χ2n) is 6.97. The normalized spacial score (nSPS) is 11.4. The van der Waals surface area contributed by atoms with Crippen LogP contribution in [0.3, 0.4) is 0 Å². The van der Waals surface area contributed by atoms with Gasteiger partial charge in [-0.2, -0.15) is 0 Å². The number of halogens is 1. The van der Waals surface area contributed by atoms with E-state index >= 15 is 0 Å². The van der Waals surface area contributed by atoms with E-state index in [1.165, 1.54) is 17.3 Å². The van der Waals surface area contributed by atoms with E-state index in [2.05, 4.69) is 43.9 Å². The molecule has 3 aromatic rings. The summed E-state index contributed by atoms with van der Waals surface area (Å²) in [6.07, 6.45) is 0.992. The number of amides is 1. The molecule has 0 bridgehead atoms. The molecular formula is C23H28ClN3OS2. The summed E-state index contributed by atoms with van der Waals surface area (Å²) in [4.78, 5) is 23.2. The molecule has 3 rings (SSSR count). The van der Waals surface area contributed by atoms with Crippen molar-refractivity contribution in [3.63, 3.8) is 0 Å². The number of aromatic nitrogens is 1. The number of thioether (sulfide) groups is 1. The highest BCUT2D eigenvalue weighted by molar-refractivity contribution is 8.00. The number of carbonyl (C=O) groups is 1. The van der Waals surface area contributed by atoms with E-state index in [0.717, 1.165) is 46.3 Å². The third-order valence-electron chi connectivity index (χ3n) is 5.09. The number of rotatable bonds is 10. The lowest BCUT2D eigenvalue weighted by atomic mass is 10.2. The van der Waals surface area contributed by atoms with Crippen LogP contribution in [0, 0.1) is 0 Å². The van der Waals surface area contributed by atoms with Gasteiger partial charge in [-0.25, -0.2) is 4.98 Å². The molecule has 0 spiro atoms. The first kappa shape index (κ1) is 23.1. The van der Waals surface area contributed by atoms with Crippen molar-refractivity contribution in [2.45, 2.75) is 32.1 Å². The summed E-state index contributed by atoms with van der Waals surface area (Å²) in [6, 6.07) is 14.0. The molecule has 0 saturated heterocycles. The maximum Gasteiger partial charge on any atom is 0.239 e. The van der Waals surface area contributed by atoms with Crippen LogP contribution in [0.5, 0.6) is 0 Å². The number of likely N-dealkylation sites (N-methyl/N-ethyl adjacent to an activating group) is 1.